The van der Waals surface area contributed by atoms with Crippen molar-refractivity contribution in [2.24, 2.45) is 0 Å². The van der Waals surface area contributed by atoms with Crippen LogP contribution >= 0.6 is 15.9 Å². The predicted molar refractivity (Wildman–Crippen MR) is 84.7 cm³/mol. The maximum absolute atomic E-state index is 5.72. The standard InChI is InChI=1S/C15H20BrN3O/c1-2-20-12-6-9-18(10-7-12)15-13(11-16)19-8-4-3-5-14(19)17-15/h3-5,8,12H,2,6-7,9-11H2,1H3. The Morgan fingerprint density at radius 3 is 2.85 bits per heavy atom. The quantitative estimate of drug-likeness (QED) is 0.802. The van der Waals surface area contributed by atoms with E-state index in [-0.39, 0.29) is 0 Å². The summed E-state index contributed by atoms with van der Waals surface area (Å²) in [6, 6.07) is 6.14. The Hall–Kier alpha value is -1.07. The molecule has 1 saturated heterocycles. The van der Waals surface area contributed by atoms with E-state index in [9.17, 15) is 0 Å². The van der Waals surface area contributed by atoms with Crippen molar-refractivity contribution in [2.45, 2.75) is 31.2 Å². The van der Waals surface area contributed by atoms with Crippen molar-refractivity contribution in [2.75, 3.05) is 24.6 Å². The van der Waals surface area contributed by atoms with Crippen molar-refractivity contribution in [3.05, 3.63) is 30.1 Å². The molecule has 20 heavy (non-hydrogen) atoms. The summed E-state index contributed by atoms with van der Waals surface area (Å²) in [7, 11) is 0. The van der Waals surface area contributed by atoms with Crippen LogP contribution in [-0.4, -0.2) is 35.2 Å². The second kappa shape index (κ2) is 6.14. The Morgan fingerprint density at radius 1 is 1.35 bits per heavy atom. The molecule has 0 aliphatic carbocycles. The van der Waals surface area contributed by atoms with Gasteiger partial charge >= 0.3 is 0 Å². The van der Waals surface area contributed by atoms with E-state index in [1.165, 1.54) is 5.69 Å². The van der Waals surface area contributed by atoms with E-state index in [1.807, 2.05) is 12.1 Å². The number of rotatable bonds is 4. The number of hydrogen-bond acceptors (Lipinski definition) is 3. The second-order valence-electron chi connectivity index (χ2n) is 5.09. The van der Waals surface area contributed by atoms with Gasteiger partial charge in [-0.05, 0) is 31.9 Å². The molecule has 3 heterocycles. The molecule has 0 amide bonds. The average Bonchev–Trinajstić information content (AvgIpc) is 2.87. The molecule has 108 valence electrons. The lowest BCUT2D eigenvalue weighted by Gasteiger charge is -2.32. The second-order valence-corrected chi connectivity index (χ2v) is 5.65. The van der Waals surface area contributed by atoms with Gasteiger partial charge in [-0.25, -0.2) is 4.98 Å². The van der Waals surface area contributed by atoms with Crippen molar-refractivity contribution in [1.29, 1.82) is 0 Å². The number of hydrogen-bond donors (Lipinski definition) is 0. The Balaban J connectivity index is 1.84. The van der Waals surface area contributed by atoms with E-state index < -0.39 is 0 Å². The fourth-order valence-corrected chi connectivity index (χ4v) is 3.40. The Morgan fingerprint density at radius 2 is 2.15 bits per heavy atom. The molecule has 1 aliphatic rings. The van der Waals surface area contributed by atoms with Crippen LogP contribution in [0.2, 0.25) is 0 Å². The predicted octanol–water partition coefficient (Wildman–Crippen LogP) is 3.23. The summed E-state index contributed by atoms with van der Waals surface area (Å²) in [5.74, 6) is 1.11. The lowest BCUT2D eigenvalue weighted by Crippen LogP contribution is -2.37. The summed E-state index contributed by atoms with van der Waals surface area (Å²) in [4.78, 5) is 7.18. The van der Waals surface area contributed by atoms with Gasteiger partial charge in [-0.3, -0.25) is 0 Å². The third kappa shape index (κ3) is 2.56. The van der Waals surface area contributed by atoms with Gasteiger partial charge in [-0.2, -0.15) is 0 Å². The molecule has 3 rings (SSSR count). The van der Waals surface area contributed by atoms with Gasteiger partial charge in [0.25, 0.3) is 0 Å². The van der Waals surface area contributed by atoms with Crippen LogP contribution in [0.3, 0.4) is 0 Å². The number of ether oxygens (including phenoxy) is 1. The van der Waals surface area contributed by atoms with Crippen LogP contribution < -0.4 is 4.90 Å². The van der Waals surface area contributed by atoms with E-state index in [0.717, 1.165) is 49.3 Å². The van der Waals surface area contributed by atoms with Crippen LogP contribution in [-0.2, 0) is 10.1 Å². The third-order valence-electron chi connectivity index (χ3n) is 3.88. The maximum atomic E-state index is 5.72. The molecule has 0 aromatic carbocycles. The molecule has 0 atom stereocenters. The largest absolute Gasteiger partial charge is 0.378 e. The van der Waals surface area contributed by atoms with Crippen LogP contribution in [0, 0.1) is 0 Å². The molecule has 0 saturated carbocycles. The Labute approximate surface area is 127 Å². The number of piperidine rings is 1. The van der Waals surface area contributed by atoms with Gasteiger partial charge in [0.05, 0.1) is 11.8 Å². The van der Waals surface area contributed by atoms with Crippen LogP contribution in [0.5, 0.6) is 0 Å². The molecule has 2 aromatic heterocycles. The van der Waals surface area contributed by atoms with Crippen LogP contribution in [0.1, 0.15) is 25.5 Å². The molecule has 0 unspecified atom stereocenters. The summed E-state index contributed by atoms with van der Waals surface area (Å²) in [6.45, 7) is 4.92. The fraction of sp³-hybridized carbons (Fsp3) is 0.533. The molecule has 0 N–H and O–H groups in total. The van der Waals surface area contributed by atoms with Crippen molar-refractivity contribution in [3.63, 3.8) is 0 Å². The zero-order valence-corrected chi connectivity index (χ0v) is 13.3. The van der Waals surface area contributed by atoms with Gasteiger partial charge < -0.3 is 14.0 Å². The van der Waals surface area contributed by atoms with Gasteiger partial charge in [-0.1, -0.05) is 22.0 Å². The lowest BCUT2D eigenvalue weighted by molar-refractivity contribution is 0.0458. The molecule has 0 spiro atoms. The molecular weight excluding hydrogens is 318 g/mol. The van der Waals surface area contributed by atoms with E-state index in [2.05, 4.69) is 44.4 Å². The summed E-state index contributed by atoms with van der Waals surface area (Å²) >= 11 is 3.60. The van der Waals surface area contributed by atoms with E-state index in [1.54, 1.807) is 0 Å². The number of alkyl halides is 1. The highest BCUT2D eigenvalue weighted by molar-refractivity contribution is 9.08. The third-order valence-corrected chi connectivity index (χ3v) is 4.41. The minimum atomic E-state index is 0.417. The molecule has 2 aromatic rings. The number of fused-ring (bicyclic) bond motifs is 1. The fourth-order valence-electron chi connectivity index (χ4n) is 2.88. The summed E-state index contributed by atoms with van der Waals surface area (Å²) in [5.41, 5.74) is 2.25. The first kappa shape index (κ1) is 13.9. The number of aromatic nitrogens is 2. The minimum absolute atomic E-state index is 0.417. The summed E-state index contributed by atoms with van der Waals surface area (Å²) < 4.78 is 7.89. The van der Waals surface area contributed by atoms with Crippen LogP contribution in [0.15, 0.2) is 24.4 Å². The normalized spacial score (nSPS) is 17.0. The smallest absolute Gasteiger partial charge is 0.152 e. The molecule has 1 aliphatic heterocycles. The Bertz CT molecular complexity index is 576. The first-order valence-corrected chi connectivity index (χ1v) is 8.34. The molecule has 0 radical (unpaired) electrons. The number of pyridine rings is 1. The van der Waals surface area contributed by atoms with E-state index in [0.29, 0.717) is 6.10 Å². The highest BCUT2D eigenvalue weighted by atomic mass is 79.9. The number of imidazole rings is 1. The highest BCUT2D eigenvalue weighted by Gasteiger charge is 2.23. The minimum Gasteiger partial charge on any atom is -0.378 e. The van der Waals surface area contributed by atoms with Gasteiger partial charge in [0.15, 0.2) is 5.82 Å². The first-order valence-electron chi connectivity index (χ1n) is 7.22. The molecular formula is C15H20BrN3O. The SMILES string of the molecule is CCOC1CCN(c2nc3ccccn3c2CBr)CC1. The van der Waals surface area contributed by atoms with Crippen molar-refractivity contribution in [3.8, 4) is 0 Å². The highest BCUT2D eigenvalue weighted by Crippen LogP contribution is 2.27. The number of nitrogens with zero attached hydrogens (tertiary/aromatic N) is 3. The lowest BCUT2D eigenvalue weighted by atomic mass is 10.1. The van der Waals surface area contributed by atoms with Crippen molar-refractivity contribution >= 4 is 27.4 Å². The van der Waals surface area contributed by atoms with Crippen molar-refractivity contribution < 1.29 is 4.74 Å². The van der Waals surface area contributed by atoms with E-state index >= 15 is 0 Å². The number of halogens is 1. The topological polar surface area (TPSA) is 29.8 Å². The monoisotopic (exact) mass is 337 g/mol. The Kier molecular flexibility index (Phi) is 4.27. The summed E-state index contributed by atoms with van der Waals surface area (Å²) in [6.07, 6.45) is 4.67. The zero-order chi connectivity index (χ0) is 13.9. The summed E-state index contributed by atoms with van der Waals surface area (Å²) in [5, 5.41) is 0.818. The maximum Gasteiger partial charge on any atom is 0.152 e. The first-order chi connectivity index (χ1) is 9.83. The molecule has 1 fully saturated rings. The van der Waals surface area contributed by atoms with Crippen LogP contribution in [0.4, 0.5) is 5.82 Å². The molecule has 5 heteroatoms. The van der Waals surface area contributed by atoms with Gasteiger partial charge in [0.2, 0.25) is 0 Å². The molecule has 4 nitrogen and oxygen atoms in total. The van der Waals surface area contributed by atoms with Crippen molar-refractivity contribution in [1.82, 2.24) is 9.38 Å². The van der Waals surface area contributed by atoms with Gasteiger partial charge in [-0.15, -0.1) is 0 Å². The number of anilines is 1. The van der Waals surface area contributed by atoms with Gasteiger partial charge in [0.1, 0.15) is 5.65 Å². The average molecular weight is 338 g/mol. The van der Waals surface area contributed by atoms with Gasteiger partial charge in [0, 0.05) is 31.2 Å². The molecule has 0 bridgehead atoms. The van der Waals surface area contributed by atoms with Crippen LogP contribution in [0.25, 0.3) is 5.65 Å². The van der Waals surface area contributed by atoms with E-state index in [4.69, 9.17) is 9.72 Å². The zero-order valence-electron chi connectivity index (χ0n) is 11.8.